The predicted molar refractivity (Wildman–Crippen MR) is 77.2 cm³/mol. The van der Waals surface area contributed by atoms with Gasteiger partial charge in [0.1, 0.15) is 0 Å². The van der Waals surface area contributed by atoms with Crippen molar-refractivity contribution in [1.29, 1.82) is 0 Å². The van der Waals surface area contributed by atoms with Gasteiger partial charge in [0.25, 0.3) is 0 Å². The smallest absolute Gasteiger partial charge is 0.0646 e. The molecule has 0 saturated carbocycles. The van der Waals surface area contributed by atoms with Crippen LogP contribution in [0.15, 0.2) is 24.3 Å². The minimum Gasteiger partial charge on any atom is -0.382 e. The number of rotatable bonds is 3. The van der Waals surface area contributed by atoms with E-state index in [9.17, 15) is 0 Å². The van der Waals surface area contributed by atoms with Gasteiger partial charge in [-0.1, -0.05) is 26.0 Å². The quantitative estimate of drug-likeness (QED) is 0.865. The van der Waals surface area contributed by atoms with Crippen LogP contribution in [0.1, 0.15) is 52.0 Å². The molecule has 2 rings (SSSR count). The maximum Gasteiger partial charge on any atom is 0.0646 e. The summed E-state index contributed by atoms with van der Waals surface area (Å²) in [5.41, 5.74) is 2.64. The van der Waals surface area contributed by atoms with Crippen molar-refractivity contribution in [2.75, 3.05) is 11.9 Å². The summed E-state index contributed by atoms with van der Waals surface area (Å²) in [6.45, 7) is 9.67. The molecule has 1 aromatic carbocycles. The molecule has 1 fully saturated rings. The molecule has 1 heterocycles. The molecule has 1 aliphatic heterocycles. The van der Waals surface area contributed by atoms with Crippen LogP contribution in [0.3, 0.4) is 0 Å². The third-order valence-electron chi connectivity index (χ3n) is 3.62. The van der Waals surface area contributed by atoms with Crippen LogP contribution in [0.2, 0.25) is 0 Å². The highest BCUT2D eigenvalue weighted by molar-refractivity contribution is 5.47. The first-order chi connectivity index (χ1) is 8.46. The molecule has 1 saturated heterocycles. The van der Waals surface area contributed by atoms with E-state index in [0.717, 1.165) is 19.4 Å². The Hall–Kier alpha value is -1.02. The van der Waals surface area contributed by atoms with Crippen molar-refractivity contribution in [2.45, 2.75) is 58.1 Å². The second-order valence-electron chi connectivity index (χ2n) is 6.22. The lowest BCUT2D eigenvalue weighted by Crippen LogP contribution is -2.40. The molecule has 1 unspecified atom stereocenters. The lowest BCUT2D eigenvalue weighted by molar-refractivity contribution is -0.0553. The van der Waals surface area contributed by atoms with E-state index >= 15 is 0 Å². The largest absolute Gasteiger partial charge is 0.382 e. The molecule has 0 amide bonds. The van der Waals surface area contributed by atoms with Crippen LogP contribution in [0.5, 0.6) is 0 Å². The second-order valence-corrected chi connectivity index (χ2v) is 6.22. The molecule has 0 spiro atoms. The second kappa shape index (κ2) is 5.31. The molecule has 2 nitrogen and oxygen atoms in total. The number of hydrogen-bond donors (Lipinski definition) is 1. The van der Waals surface area contributed by atoms with Crippen LogP contribution in [0, 0.1) is 0 Å². The zero-order chi connectivity index (χ0) is 13.2. The highest BCUT2D eigenvalue weighted by atomic mass is 16.5. The molecular formula is C16H25NO. The fourth-order valence-electron chi connectivity index (χ4n) is 2.58. The lowest BCUT2D eigenvalue weighted by atomic mass is 9.93. The minimum absolute atomic E-state index is 0.00553. The van der Waals surface area contributed by atoms with Gasteiger partial charge in [-0.25, -0.2) is 0 Å². The Kier molecular flexibility index (Phi) is 3.96. The average Bonchev–Trinajstić information content (AvgIpc) is 2.28. The van der Waals surface area contributed by atoms with Crippen LogP contribution in [0.25, 0.3) is 0 Å². The fraction of sp³-hybridized carbons (Fsp3) is 0.625. The molecule has 1 N–H and O–H groups in total. The van der Waals surface area contributed by atoms with Gasteiger partial charge in [-0.15, -0.1) is 0 Å². The zero-order valence-corrected chi connectivity index (χ0v) is 12.0. The summed E-state index contributed by atoms with van der Waals surface area (Å²) in [5, 5.41) is 3.65. The summed E-state index contributed by atoms with van der Waals surface area (Å²) < 4.78 is 5.76. The Morgan fingerprint density at radius 2 is 2.11 bits per heavy atom. The Morgan fingerprint density at radius 3 is 2.78 bits per heavy atom. The lowest BCUT2D eigenvalue weighted by Gasteiger charge is -2.36. The van der Waals surface area contributed by atoms with Crippen molar-refractivity contribution >= 4 is 5.69 Å². The summed E-state index contributed by atoms with van der Waals surface area (Å²) in [4.78, 5) is 0. The summed E-state index contributed by atoms with van der Waals surface area (Å²) in [5.74, 6) is 0.581. The average molecular weight is 247 g/mol. The van der Waals surface area contributed by atoms with E-state index in [1.807, 2.05) is 0 Å². The monoisotopic (exact) mass is 247 g/mol. The molecule has 0 radical (unpaired) electrons. The van der Waals surface area contributed by atoms with E-state index in [4.69, 9.17) is 4.74 Å². The molecule has 1 atom stereocenters. The summed E-state index contributed by atoms with van der Waals surface area (Å²) in [7, 11) is 0. The number of hydrogen-bond acceptors (Lipinski definition) is 2. The molecule has 0 aliphatic carbocycles. The molecule has 1 aliphatic rings. The number of anilines is 1. The molecule has 0 aromatic heterocycles. The molecule has 0 bridgehead atoms. The van der Waals surface area contributed by atoms with Crippen LogP contribution in [-0.2, 0) is 4.74 Å². The number of nitrogens with one attached hydrogen (secondary N) is 1. The van der Waals surface area contributed by atoms with E-state index in [-0.39, 0.29) is 5.60 Å². The van der Waals surface area contributed by atoms with Gasteiger partial charge in [-0.2, -0.15) is 0 Å². The van der Waals surface area contributed by atoms with Gasteiger partial charge in [0.15, 0.2) is 0 Å². The highest BCUT2D eigenvalue weighted by Gasteiger charge is 2.28. The third kappa shape index (κ3) is 3.49. The Bertz CT molecular complexity index is 398. The summed E-state index contributed by atoms with van der Waals surface area (Å²) in [6, 6.07) is 9.30. The van der Waals surface area contributed by atoms with Crippen LogP contribution in [0.4, 0.5) is 5.69 Å². The first kappa shape index (κ1) is 13.4. The van der Waals surface area contributed by atoms with Crippen molar-refractivity contribution in [3.05, 3.63) is 29.8 Å². The first-order valence-corrected chi connectivity index (χ1v) is 6.97. The van der Waals surface area contributed by atoms with Gasteiger partial charge < -0.3 is 10.1 Å². The van der Waals surface area contributed by atoms with Gasteiger partial charge in [0.2, 0.25) is 0 Å². The number of benzene rings is 1. The van der Waals surface area contributed by atoms with E-state index in [1.165, 1.54) is 11.3 Å². The van der Waals surface area contributed by atoms with Gasteiger partial charge in [-0.05, 0) is 50.3 Å². The Morgan fingerprint density at radius 1 is 1.33 bits per heavy atom. The standard InChI is InChI=1S/C16H25NO/c1-12(2)13-6-5-7-14(10-13)17-15-8-9-18-16(3,4)11-15/h5-7,10,12,15,17H,8-9,11H2,1-4H3. The van der Waals surface area contributed by atoms with Crippen molar-refractivity contribution in [3.63, 3.8) is 0 Å². The fourth-order valence-corrected chi connectivity index (χ4v) is 2.58. The Labute approximate surface area is 111 Å². The zero-order valence-electron chi connectivity index (χ0n) is 12.0. The van der Waals surface area contributed by atoms with Gasteiger partial charge in [0.05, 0.1) is 5.60 Å². The molecule has 1 aromatic rings. The molecule has 2 heteroatoms. The third-order valence-corrected chi connectivity index (χ3v) is 3.62. The van der Waals surface area contributed by atoms with Gasteiger partial charge >= 0.3 is 0 Å². The minimum atomic E-state index is 0.00553. The normalized spacial score (nSPS) is 23.1. The Balaban J connectivity index is 2.03. The van der Waals surface area contributed by atoms with E-state index in [0.29, 0.717) is 12.0 Å². The maximum atomic E-state index is 5.76. The SMILES string of the molecule is CC(C)c1cccc(NC2CCOC(C)(C)C2)c1. The van der Waals surface area contributed by atoms with Gasteiger partial charge in [-0.3, -0.25) is 0 Å². The van der Waals surface area contributed by atoms with Crippen LogP contribution in [-0.4, -0.2) is 18.2 Å². The van der Waals surface area contributed by atoms with Crippen LogP contribution < -0.4 is 5.32 Å². The first-order valence-electron chi connectivity index (χ1n) is 6.97. The predicted octanol–water partition coefficient (Wildman–Crippen LogP) is 4.18. The van der Waals surface area contributed by atoms with Crippen molar-refractivity contribution < 1.29 is 4.74 Å². The molecule has 100 valence electrons. The van der Waals surface area contributed by atoms with Gasteiger partial charge in [0, 0.05) is 18.3 Å². The highest BCUT2D eigenvalue weighted by Crippen LogP contribution is 2.27. The van der Waals surface area contributed by atoms with E-state index < -0.39 is 0 Å². The summed E-state index contributed by atoms with van der Waals surface area (Å²) >= 11 is 0. The van der Waals surface area contributed by atoms with Crippen molar-refractivity contribution in [3.8, 4) is 0 Å². The van der Waals surface area contributed by atoms with Crippen molar-refractivity contribution in [1.82, 2.24) is 0 Å². The topological polar surface area (TPSA) is 21.3 Å². The van der Waals surface area contributed by atoms with Crippen molar-refractivity contribution in [2.24, 2.45) is 0 Å². The van der Waals surface area contributed by atoms with E-state index in [1.54, 1.807) is 0 Å². The number of ether oxygens (including phenoxy) is 1. The van der Waals surface area contributed by atoms with E-state index in [2.05, 4.69) is 57.3 Å². The molecular weight excluding hydrogens is 222 g/mol. The molecule has 18 heavy (non-hydrogen) atoms. The van der Waals surface area contributed by atoms with Crippen LogP contribution >= 0.6 is 0 Å². The maximum absolute atomic E-state index is 5.76. The summed E-state index contributed by atoms with van der Waals surface area (Å²) in [6.07, 6.45) is 2.16.